The van der Waals surface area contributed by atoms with Gasteiger partial charge in [-0.15, -0.1) is 5.54 Å². The molecule has 22 heavy (non-hydrogen) atoms. The Morgan fingerprint density at radius 2 is 1.59 bits per heavy atom. The highest BCUT2D eigenvalue weighted by atomic mass is 79.9. The number of carbonyl (C=O) groups is 1. The molecular formula is C19H27BrOSi. The number of alkyl halides is 1. The van der Waals surface area contributed by atoms with E-state index in [1.54, 1.807) is 0 Å². The van der Waals surface area contributed by atoms with Crippen LogP contribution >= 0.6 is 15.9 Å². The van der Waals surface area contributed by atoms with Gasteiger partial charge in [-0.3, -0.25) is 0 Å². The van der Waals surface area contributed by atoms with Crippen LogP contribution in [0, 0.1) is 11.5 Å². The molecule has 0 fully saturated rings. The monoisotopic (exact) mass is 378 g/mol. The van der Waals surface area contributed by atoms with Crippen LogP contribution in [0.5, 0.6) is 0 Å². The lowest BCUT2D eigenvalue weighted by Crippen LogP contribution is -2.43. The van der Waals surface area contributed by atoms with Crippen molar-refractivity contribution in [3.05, 3.63) is 35.4 Å². The first kappa shape index (κ1) is 19.2. The van der Waals surface area contributed by atoms with E-state index in [1.807, 2.05) is 24.3 Å². The molecule has 0 aliphatic carbocycles. The molecule has 0 N–H and O–H groups in total. The van der Waals surface area contributed by atoms with E-state index in [0.717, 1.165) is 17.4 Å². The maximum Gasteiger partial charge on any atom is 0.146 e. The second kappa shape index (κ2) is 8.13. The molecule has 0 saturated carbocycles. The van der Waals surface area contributed by atoms with Crippen molar-refractivity contribution in [3.63, 3.8) is 0 Å². The summed E-state index contributed by atoms with van der Waals surface area (Å²) < 4.78 is 0. The van der Waals surface area contributed by atoms with Crippen molar-refractivity contribution >= 4 is 30.3 Å². The molecule has 3 heteroatoms. The molecule has 0 aromatic heterocycles. The number of aldehydes is 1. The van der Waals surface area contributed by atoms with Crippen LogP contribution < -0.4 is 0 Å². The average Bonchev–Trinajstić information content (AvgIpc) is 2.46. The lowest BCUT2D eigenvalue weighted by molar-refractivity contribution is -0.107. The SMILES string of the molecule is CC(C)[Si](C#Cc1cccc(C(Br)C=O)c1)(C(C)C)C(C)C. The first-order chi connectivity index (χ1) is 10.3. The Labute approximate surface area is 145 Å². The predicted molar refractivity (Wildman–Crippen MR) is 102 cm³/mol. The van der Waals surface area contributed by atoms with Crippen LogP contribution in [0.15, 0.2) is 24.3 Å². The molecule has 1 rings (SSSR count). The van der Waals surface area contributed by atoms with Gasteiger partial charge in [0.15, 0.2) is 0 Å². The molecule has 0 saturated heterocycles. The van der Waals surface area contributed by atoms with E-state index >= 15 is 0 Å². The maximum atomic E-state index is 10.9. The van der Waals surface area contributed by atoms with E-state index in [-0.39, 0.29) is 4.83 Å². The fourth-order valence-electron chi connectivity index (χ4n) is 3.48. The molecular weight excluding hydrogens is 352 g/mol. The molecule has 1 unspecified atom stereocenters. The summed E-state index contributed by atoms with van der Waals surface area (Å²) in [5.41, 5.74) is 7.57. The van der Waals surface area contributed by atoms with Gasteiger partial charge in [-0.05, 0) is 34.3 Å². The average molecular weight is 379 g/mol. The van der Waals surface area contributed by atoms with E-state index in [0.29, 0.717) is 16.6 Å². The van der Waals surface area contributed by atoms with Gasteiger partial charge in [-0.2, -0.15) is 0 Å². The van der Waals surface area contributed by atoms with Gasteiger partial charge in [0, 0.05) is 5.56 Å². The normalized spacial score (nSPS) is 13.2. The van der Waals surface area contributed by atoms with E-state index in [1.165, 1.54) is 0 Å². The summed E-state index contributed by atoms with van der Waals surface area (Å²) >= 11 is 3.37. The molecule has 0 heterocycles. The molecule has 0 bridgehead atoms. The zero-order chi connectivity index (χ0) is 16.9. The van der Waals surface area contributed by atoms with Crippen LogP contribution in [-0.4, -0.2) is 14.4 Å². The third kappa shape index (κ3) is 4.11. The van der Waals surface area contributed by atoms with Crippen LogP contribution in [0.2, 0.25) is 16.6 Å². The Morgan fingerprint density at radius 1 is 1.05 bits per heavy atom. The third-order valence-electron chi connectivity index (χ3n) is 4.61. The highest BCUT2D eigenvalue weighted by Gasteiger charge is 2.41. The smallest absolute Gasteiger partial charge is 0.146 e. The third-order valence-corrected chi connectivity index (χ3v) is 11.6. The van der Waals surface area contributed by atoms with Gasteiger partial charge < -0.3 is 4.79 Å². The minimum atomic E-state index is -1.71. The first-order valence-corrected chi connectivity index (χ1v) is 11.1. The Hall–Kier alpha value is -0.853. The molecule has 1 aromatic carbocycles. The van der Waals surface area contributed by atoms with Crippen molar-refractivity contribution in [2.24, 2.45) is 0 Å². The number of halogens is 1. The van der Waals surface area contributed by atoms with Gasteiger partial charge in [0.2, 0.25) is 0 Å². The number of hydrogen-bond donors (Lipinski definition) is 0. The van der Waals surface area contributed by atoms with Crippen molar-refractivity contribution < 1.29 is 4.79 Å². The van der Waals surface area contributed by atoms with Gasteiger partial charge in [0.1, 0.15) is 14.4 Å². The van der Waals surface area contributed by atoms with E-state index < -0.39 is 8.07 Å². The summed E-state index contributed by atoms with van der Waals surface area (Å²) in [5, 5.41) is 0. The first-order valence-electron chi connectivity index (χ1n) is 7.98. The van der Waals surface area contributed by atoms with Crippen molar-refractivity contribution in [3.8, 4) is 11.5 Å². The molecule has 1 atom stereocenters. The van der Waals surface area contributed by atoms with Gasteiger partial charge >= 0.3 is 0 Å². The molecule has 0 aliphatic heterocycles. The van der Waals surface area contributed by atoms with Crippen molar-refractivity contribution in [2.45, 2.75) is 63.0 Å². The summed E-state index contributed by atoms with van der Waals surface area (Å²) in [5.74, 6) is 3.42. The number of rotatable bonds is 5. The Kier molecular flexibility index (Phi) is 7.09. The largest absolute Gasteiger partial charge is 0.302 e. The van der Waals surface area contributed by atoms with Gasteiger partial charge in [0.25, 0.3) is 0 Å². The van der Waals surface area contributed by atoms with E-state index in [4.69, 9.17) is 0 Å². The standard InChI is InChI=1S/C19H27BrOSi/c1-14(2)22(15(3)4,16(5)6)11-10-17-8-7-9-18(12-17)19(20)13-21/h7-9,12-16,19H,1-6H3. The maximum absolute atomic E-state index is 10.9. The lowest BCUT2D eigenvalue weighted by atomic mass is 10.1. The Bertz CT molecular complexity index is 545. The number of benzene rings is 1. The van der Waals surface area contributed by atoms with Crippen molar-refractivity contribution in [1.29, 1.82) is 0 Å². The van der Waals surface area contributed by atoms with Crippen molar-refractivity contribution in [2.75, 3.05) is 0 Å². The van der Waals surface area contributed by atoms with Gasteiger partial charge in [-0.1, -0.05) is 75.5 Å². The molecule has 1 aromatic rings. The molecule has 0 spiro atoms. The van der Waals surface area contributed by atoms with Crippen LogP contribution in [0.3, 0.4) is 0 Å². The summed E-state index contributed by atoms with van der Waals surface area (Å²) in [4.78, 5) is 10.7. The molecule has 0 radical (unpaired) electrons. The highest BCUT2D eigenvalue weighted by Crippen LogP contribution is 2.40. The quantitative estimate of drug-likeness (QED) is 0.270. The van der Waals surface area contributed by atoms with Gasteiger partial charge in [-0.25, -0.2) is 0 Å². The fourth-order valence-corrected chi connectivity index (χ4v) is 8.99. The molecule has 0 amide bonds. The lowest BCUT2D eigenvalue weighted by Gasteiger charge is -2.38. The Balaban J connectivity index is 3.27. The molecule has 120 valence electrons. The van der Waals surface area contributed by atoms with E-state index in [9.17, 15) is 4.79 Å². The number of carbonyl (C=O) groups excluding carboxylic acids is 1. The summed E-state index contributed by atoms with van der Waals surface area (Å²) in [6, 6.07) is 7.97. The highest BCUT2D eigenvalue weighted by molar-refractivity contribution is 9.09. The fraction of sp³-hybridized carbons (Fsp3) is 0.526. The Morgan fingerprint density at radius 3 is 2.05 bits per heavy atom. The summed E-state index contributed by atoms with van der Waals surface area (Å²) in [6.45, 7) is 13.9. The van der Waals surface area contributed by atoms with Gasteiger partial charge in [0.05, 0.1) is 4.83 Å². The van der Waals surface area contributed by atoms with Crippen LogP contribution in [0.25, 0.3) is 0 Å². The van der Waals surface area contributed by atoms with Crippen LogP contribution in [-0.2, 0) is 4.79 Å². The second-order valence-corrected chi connectivity index (χ2v) is 13.4. The zero-order valence-corrected chi connectivity index (χ0v) is 17.1. The predicted octanol–water partition coefficient (Wildman–Crippen LogP) is 5.89. The molecule has 0 aliphatic rings. The zero-order valence-electron chi connectivity index (χ0n) is 14.5. The topological polar surface area (TPSA) is 17.1 Å². The summed E-state index contributed by atoms with van der Waals surface area (Å²) in [6.07, 6.45) is 0.905. The summed E-state index contributed by atoms with van der Waals surface area (Å²) in [7, 11) is -1.71. The van der Waals surface area contributed by atoms with Crippen LogP contribution in [0.1, 0.15) is 57.5 Å². The molecule has 1 nitrogen and oxygen atoms in total. The minimum Gasteiger partial charge on any atom is -0.302 e. The number of hydrogen-bond acceptors (Lipinski definition) is 1. The van der Waals surface area contributed by atoms with Crippen LogP contribution in [0.4, 0.5) is 0 Å². The second-order valence-electron chi connectivity index (χ2n) is 6.81. The minimum absolute atomic E-state index is 0.253. The van der Waals surface area contributed by atoms with E-state index in [2.05, 4.69) is 68.9 Å². The van der Waals surface area contributed by atoms with Crippen molar-refractivity contribution in [1.82, 2.24) is 0 Å².